The SMILES string of the molecule is COC(=O)CN(C(=O)CSc1nc2c(F)c(F)cc(F)c2s1)c1ccccc1. The molecule has 0 N–H and O–H groups in total. The highest BCUT2D eigenvalue weighted by Gasteiger charge is 2.22. The number of ether oxygens (including phenoxy) is 1. The number of thiazole rings is 1. The quantitative estimate of drug-likeness (QED) is 0.339. The predicted molar refractivity (Wildman–Crippen MR) is 101 cm³/mol. The van der Waals surface area contributed by atoms with Gasteiger partial charge < -0.3 is 9.64 Å². The van der Waals surface area contributed by atoms with Gasteiger partial charge in [0.25, 0.3) is 0 Å². The molecule has 0 fully saturated rings. The Labute approximate surface area is 166 Å². The highest BCUT2D eigenvalue weighted by Crippen LogP contribution is 2.34. The van der Waals surface area contributed by atoms with Crippen LogP contribution in [0.3, 0.4) is 0 Å². The first-order valence-electron chi connectivity index (χ1n) is 7.89. The third-order valence-electron chi connectivity index (χ3n) is 3.70. The van der Waals surface area contributed by atoms with Crippen molar-refractivity contribution in [2.45, 2.75) is 4.34 Å². The van der Waals surface area contributed by atoms with Crippen molar-refractivity contribution in [3.05, 3.63) is 53.8 Å². The van der Waals surface area contributed by atoms with Crippen molar-refractivity contribution in [3.8, 4) is 0 Å². The lowest BCUT2D eigenvalue weighted by Crippen LogP contribution is -2.37. The second kappa shape index (κ2) is 8.61. The predicted octanol–water partition coefficient (Wildman–Crippen LogP) is 4.01. The molecule has 0 aliphatic rings. The molecule has 1 aromatic heterocycles. The average molecular weight is 426 g/mol. The molecule has 1 heterocycles. The summed E-state index contributed by atoms with van der Waals surface area (Å²) in [6, 6.07) is 8.99. The lowest BCUT2D eigenvalue weighted by molar-refractivity contribution is -0.139. The fourth-order valence-corrected chi connectivity index (χ4v) is 4.27. The van der Waals surface area contributed by atoms with Gasteiger partial charge in [0, 0.05) is 11.8 Å². The van der Waals surface area contributed by atoms with Gasteiger partial charge in [-0.2, -0.15) is 0 Å². The number of methoxy groups -OCH3 is 1. The Morgan fingerprint density at radius 2 is 1.89 bits per heavy atom. The maximum atomic E-state index is 13.8. The maximum absolute atomic E-state index is 13.8. The van der Waals surface area contributed by atoms with Gasteiger partial charge in [0.15, 0.2) is 16.0 Å². The summed E-state index contributed by atoms with van der Waals surface area (Å²) < 4.78 is 45.6. The second-order valence-corrected chi connectivity index (χ2v) is 7.71. The molecular weight excluding hydrogens is 413 g/mol. The molecule has 0 aliphatic carbocycles. The van der Waals surface area contributed by atoms with E-state index in [9.17, 15) is 22.8 Å². The zero-order chi connectivity index (χ0) is 20.3. The van der Waals surface area contributed by atoms with Crippen molar-refractivity contribution in [1.82, 2.24) is 4.98 Å². The van der Waals surface area contributed by atoms with E-state index >= 15 is 0 Å². The lowest BCUT2D eigenvalue weighted by Gasteiger charge is -2.21. The highest BCUT2D eigenvalue weighted by molar-refractivity contribution is 8.01. The highest BCUT2D eigenvalue weighted by atomic mass is 32.2. The number of carbonyl (C=O) groups is 2. The molecule has 0 saturated heterocycles. The zero-order valence-electron chi connectivity index (χ0n) is 14.4. The Kier molecular flexibility index (Phi) is 6.20. The summed E-state index contributed by atoms with van der Waals surface area (Å²) in [5.74, 6) is -4.63. The van der Waals surface area contributed by atoms with Crippen molar-refractivity contribution in [3.63, 3.8) is 0 Å². The van der Waals surface area contributed by atoms with E-state index < -0.39 is 34.8 Å². The fraction of sp³-hybridized carbons (Fsp3) is 0.167. The minimum absolute atomic E-state index is 0.122. The Morgan fingerprint density at radius 3 is 2.57 bits per heavy atom. The van der Waals surface area contributed by atoms with Crippen molar-refractivity contribution >= 4 is 50.9 Å². The fourth-order valence-electron chi connectivity index (χ4n) is 2.35. The van der Waals surface area contributed by atoms with Crippen LogP contribution in [-0.2, 0) is 14.3 Å². The molecule has 0 saturated carbocycles. The largest absolute Gasteiger partial charge is 0.468 e. The molecule has 0 radical (unpaired) electrons. The number of esters is 1. The number of hydrogen-bond acceptors (Lipinski definition) is 6. The van der Waals surface area contributed by atoms with E-state index in [-0.39, 0.29) is 21.3 Å². The molecule has 28 heavy (non-hydrogen) atoms. The van der Waals surface area contributed by atoms with Crippen LogP contribution in [0.1, 0.15) is 0 Å². The average Bonchev–Trinajstić information content (AvgIpc) is 3.14. The third kappa shape index (κ3) is 4.28. The lowest BCUT2D eigenvalue weighted by atomic mass is 10.3. The monoisotopic (exact) mass is 426 g/mol. The van der Waals surface area contributed by atoms with Crippen molar-refractivity contribution in [1.29, 1.82) is 0 Å². The molecule has 3 aromatic rings. The Hall–Kier alpha value is -2.59. The molecule has 5 nitrogen and oxygen atoms in total. The van der Waals surface area contributed by atoms with E-state index in [1.165, 1.54) is 12.0 Å². The van der Waals surface area contributed by atoms with E-state index in [1.807, 2.05) is 0 Å². The van der Waals surface area contributed by atoms with Crippen LogP contribution in [0.4, 0.5) is 18.9 Å². The molecule has 2 aromatic carbocycles. The van der Waals surface area contributed by atoms with Gasteiger partial charge in [-0.1, -0.05) is 30.0 Å². The summed E-state index contributed by atoms with van der Waals surface area (Å²) >= 11 is 1.77. The van der Waals surface area contributed by atoms with Gasteiger partial charge in [0.1, 0.15) is 17.9 Å². The summed E-state index contributed by atoms with van der Waals surface area (Å²) in [6.07, 6.45) is 0. The Bertz CT molecular complexity index is 1030. The van der Waals surface area contributed by atoms with Gasteiger partial charge >= 0.3 is 5.97 Å². The first-order chi connectivity index (χ1) is 13.4. The van der Waals surface area contributed by atoms with Crippen LogP contribution >= 0.6 is 23.1 Å². The number of carbonyl (C=O) groups excluding carboxylic acids is 2. The van der Waals surface area contributed by atoms with Gasteiger partial charge in [-0.3, -0.25) is 9.59 Å². The summed E-state index contributed by atoms with van der Waals surface area (Å²) in [7, 11) is 1.22. The van der Waals surface area contributed by atoms with Crippen LogP contribution in [0.2, 0.25) is 0 Å². The summed E-state index contributed by atoms with van der Waals surface area (Å²) in [6.45, 7) is -0.284. The van der Waals surface area contributed by atoms with E-state index in [1.54, 1.807) is 30.3 Å². The van der Waals surface area contributed by atoms with Gasteiger partial charge in [0.2, 0.25) is 5.91 Å². The van der Waals surface area contributed by atoms with Crippen LogP contribution in [0, 0.1) is 17.5 Å². The number of aromatic nitrogens is 1. The van der Waals surface area contributed by atoms with Crippen LogP contribution in [0.15, 0.2) is 40.7 Å². The molecule has 0 aliphatic heterocycles. The molecule has 10 heteroatoms. The van der Waals surface area contributed by atoms with Gasteiger partial charge in [-0.05, 0) is 12.1 Å². The Balaban J connectivity index is 1.79. The molecular formula is C18H13F3N2O3S2. The molecule has 0 bridgehead atoms. The summed E-state index contributed by atoms with van der Waals surface area (Å²) in [5, 5.41) is 0. The van der Waals surface area contributed by atoms with Crippen LogP contribution in [-0.4, -0.2) is 36.3 Å². The standard InChI is InChI=1S/C18H13F3N2O3S2/c1-26-14(25)8-23(10-5-3-2-4-6-10)13(24)9-27-18-22-16-15(21)11(19)7-12(20)17(16)28-18/h2-7H,8-9H2,1H3. The molecule has 0 atom stereocenters. The van der Waals surface area contributed by atoms with Crippen molar-refractivity contribution in [2.24, 2.45) is 0 Å². The second-order valence-electron chi connectivity index (χ2n) is 5.49. The van der Waals surface area contributed by atoms with Crippen molar-refractivity contribution in [2.75, 3.05) is 24.3 Å². The van der Waals surface area contributed by atoms with Crippen LogP contribution < -0.4 is 4.90 Å². The normalized spacial score (nSPS) is 10.9. The summed E-state index contributed by atoms with van der Waals surface area (Å²) in [4.78, 5) is 29.4. The third-order valence-corrected chi connectivity index (χ3v) is 5.89. The van der Waals surface area contributed by atoms with Gasteiger partial charge in [-0.25, -0.2) is 18.2 Å². The molecule has 146 valence electrons. The van der Waals surface area contributed by atoms with E-state index in [0.29, 0.717) is 11.8 Å². The zero-order valence-corrected chi connectivity index (χ0v) is 16.1. The first kappa shape index (κ1) is 20.2. The molecule has 0 unspecified atom stereocenters. The number of anilines is 1. The maximum Gasteiger partial charge on any atom is 0.325 e. The minimum atomic E-state index is -1.32. The van der Waals surface area contributed by atoms with Crippen LogP contribution in [0.5, 0.6) is 0 Å². The van der Waals surface area contributed by atoms with Crippen LogP contribution in [0.25, 0.3) is 10.2 Å². The summed E-state index contributed by atoms with van der Waals surface area (Å²) in [5.41, 5.74) is 0.0916. The number of halogens is 3. The van der Waals surface area contributed by atoms with E-state index in [4.69, 9.17) is 0 Å². The van der Waals surface area contributed by atoms with E-state index in [2.05, 4.69) is 9.72 Å². The minimum Gasteiger partial charge on any atom is -0.468 e. The number of thioether (sulfide) groups is 1. The smallest absolute Gasteiger partial charge is 0.325 e. The Morgan fingerprint density at radius 1 is 1.18 bits per heavy atom. The molecule has 0 spiro atoms. The van der Waals surface area contributed by atoms with Gasteiger partial charge in [0.05, 0.1) is 17.6 Å². The number of rotatable bonds is 6. The van der Waals surface area contributed by atoms with Crippen molar-refractivity contribution < 1.29 is 27.5 Å². The molecule has 3 rings (SSSR count). The first-order valence-corrected chi connectivity index (χ1v) is 9.70. The topological polar surface area (TPSA) is 59.5 Å². The number of amides is 1. The number of para-hydroxylation sites is 1. The van der Waals surface area contributed by atoms with Gasteiger partial charge in [-0.15, -0.1) is 11.3 Å². The number of fused-ring (bicyclic) bond motifs is 1. The molecule has 1 amide bonds. The number of nitrogens with zero attached hydrogens (tertiary/aromatic N) is 2. The number of hydrogen-bond donors (Lipinski definition) is 0. The van der Waals surface area contributed by atoms with E-state index in [0.717, 1.165) is 23.1 Å². The number of benzene rings is 2.